The first kappa shape index (κ1) is 20.2. The summed E-state index contributed by atoms with van der Waals surface area (Å²) in [6.07, 6.45) is 0.522. The molecule has 0 bridgehead atoms. The number of carbonyl (C=O) groups excluding carboxylic acids is 1. The van der Waals surface area contributed by atoms with Gasteiger partial charge in [-0.05, 0) is 43.2 Å². The number of esters is 1. The summed E-state index contributed by atoms with van der Waals surface area (Å²) < 4.78 is 63.3. The van der Waals surface area contributed by atoms with Gasteiger partial charge in [0.25, 0.3) is 0 Å². The van der Waals surface area contributed by atoms with Gasteiger partial charge in [-0.2, -0.15) is 4.31 Å². The molecule has 1 fully saturated rings. The third-order valence-corrected chi connectivity index (χ3v) is 6.49. The molecule has 6 nitrogen and oxygen atoms in total. The minimum Gasteiger partial charge on any atom is -0.493 e. The Morgan fingerprint density at radius 1 is 1.04 bits per heavy atom. The van der Waals surface area contributed by atoms with Crippen LogP contribution in [-0.2, 0) is 14.8 Å². The third-order valence-electron chi connectivity index (χ3n) is 4.60. The van der Waals surface area contributed by atoms with Crippen molar-refractivity contribution in [3.8, 4) is 11.5 Å². The number of ether oxygens (including phenoxy) is 2. The molecule has 2 aromatic rings. The van der Waals surface area contributed by atoms with Crippen LogP contribution < -0.4 is 9.47 Å². The van der Waals surface area contributed by atoms with Crippen molar-refractivity contribution in [3.05, 3.63) is 54.1 Å². The van der Waals surface area contributed by atoms with Gasteiger partial charge >= 0.3 is 5.97 Å². The van der Waals surface area contributed by atoms with E-state index in [1.807, 2.05) is 0 Å². The Labute approximate surface area is 161 Å². The molecule has 1 aliphatic heterocycles. The maximum absolute atomic E-state index is 13.4. The number of halogens is 2. The largest absolute Gasteiger partial charge is 0.493 e. The highest BCUT2D eigenvalue weighted by molar-refractivity contribution is 7.89. The molecule has 0 spiro atoms. The molecular weight excluding hydrogens is 392 g/mol. The Morgan fingerprint density at radius 2 is 1.68 bits per heavy atom. The first-order valence-corrected chi connectivity index (χ1v) is 10.1. The maximum atomic E-state index is 13.4. The van der Waals surface area contributed by atoms with Gasteiger partial charge in [0.15, 0.2) is 23.1 Å². The fourth-order valence-corrected chi connectivity index (χ4v) is 4.50. The first-order valence-electron chi connectivity index (χ1n) is 8.63. The molecule has 0 aromatic heterocycles. The molecule has 0 radical (unpaired) electrons. The Morgan fingerprint density at radius 3 is 2.29 bits per heavy atom. The maximum Gasteiger partial charge on any atom is 0.314 e. The first-order chi connectivity index (χ1) is 13.3. The van der Waals surface area contributed by atoms with E-state index in [1.165, 1.54) is 7.11 Å². The van der Waals surface area contributed by atoms with Gasteiger partial charge in [0.1, 0.15) is 0 Å². The molecule has 1 heterocycles. The predicted molar refractivity (Wildman–Crippen MR) is 96.5 cm³/mol. The standard InChI is InChI=1S/C19H19F2NO5S/c1-26-17-4-2-3-5-18(17)27-19(23)13-8-10-22(11-9-13)28(24,25)14-6-7-15(20)16(21)12-14/h2-7,12-13H,8-11H2,1H3. The van der Waals surface area contributed by atoms with E-state index in [9.17, 15) is 22.0 Å². The average Bonchev–Trinajstić information content (AvgIpc) is 2.70. The summed E-state index contributed by atoms with van der Waals surface area (Å²) in [4.78, 5) is 12.1. The molecule has 28 heavy (non-hydrogen) atoms. The van der Waals surface area contributed by atoms with Crippen LogP contribution in [-0.4, -0.2) is 38.9 Å². The van der Waals surface area contributed by atoms with Crippen molar-refractivity contribution in [3.63, 3.8) is 0 Å². The van der Waals surface area contributed by atoms with Crippen LogP contribution in [0.15, 0.2) is 47.4 Å². The smallest absolute Gasteiger partial charge is 0.314 e. The molecule has 0 aliphatic carbocycles. The fourth-order valence-electron chi connectivity index (χ4n) is 3.01. The Bertz CT molecular complexity index is 972. The highest BCUT2D eigenvalue weighted by Gasteiger charge is 2.33. The summed E-state index contributed by atoms with van der Waals surface area (Å²) >= 11 is 0. The van der Waals surface area contributed by atoms with E-state index < -0.39 is 33.5 Å². The van der Waals surface area contributed by atoms with Crippen LogP contribution >= 0.6 is 0 Å². The molecule has 1 aliphatic rings. The van der Waals surface area contributed by atoms with Crippen molar-refractivity contribution in [2.24, 2.45) is 5.92 Å². The van der Waals surface area contributed by atoms with Gasteiger partial charge in [-0.25, -0.2) is 17.2 Å². The van der Waals surface area contributed by atoms with E-state index in [0.717, 1.165) is 16.4 Å². The van der Waals surface area contributed by atoms with E-state index >= 15 is 0 Å². The van der Waals surface area contributed by atoms with Crippen molar-refractivity contribution in [2.45, 2.75) is 17.7 Å². The quantitative estimate of drug-likeness (QED) is 0.559. The Balaban J connectivity index is 1.65. The van der Waals surface area contributed by atoms with Gasteiger partial charge in [0.05, 0.1) is 17.9 Å². The second-order valence-electron chi connectivity index (χ2n) is 6.33. The van der Waals surface area contributed by atoms with E-state index in [0.29, 0.717) is 17.6 Å². The van der Waals surface area contributed by atoms with Gasteiger partial charge in [-0.1, -0.05) is 12.1 Å². The van der Waals surface area contributed by atoms with Gasteiger partial charge in [-0.3, -0.25) is 4.79 Å². The summed E-state index contributed by atoms with van der Waals surface area (Å²) in [5.41, 5.74) is 0. The Hall–Kier alpha value is -2.52. The lowest BCUT2D eigenvalue weighted by Gasteiger charge is -2.30. The van der Waals surface area contributed by atoms with Crippen molar-refractivity contribution < 1.29 is 31.5 Å². The van der Waals surface area contributed by atoms with E-state index in [2.05, 4.69) is 0 Å². The van der Waals surface area contributed by atoms with Gasteiger partial charge in [0, 0.05) is 13.1 Å². The lowest BCUT2D eigenvalue weighted by molar-refractivity contribution is -0.140. The molecular formula is C19H19F2NO5S. The minimum absolute atomic E-state index is 0.0764. The molecule has 0 N–H and O–H groups in total. The molecule has 0 saturated carbocycles. The van der Waals surface area contributed by atoms with E-state index in [1.54, 1.807) is 24.3 Å². The fraction of sp³-hybridized carbons (Fsp3) is 0.316. The van der Waals surface area contributed by atoms with Crippen LogP contribution in [0.5, 0.6) is 11.5 Å². The SMILES string of the molecule is COc1ccccc1OC(=O)C1CCN(S(=O)(=O)c2ccc(F)c(F)c2)CC1. The Kier molecular flexibility index (Phi) is 5.95. The van der Waals surface area contributed by atoms with Crippen molar-refractivity contribution >= 4 is 16.0 Å². The zero-order valence-corrected chi connectivity index (χ0v) is 15.9. The molecule has 0 unspecified atom stereocenters. The average molecular weight is 411 g/mol. The molecule has 3 rings (SSSR count). The van der Waals surface area contributed by atoms with Crippen molar-refractivity contribution in [1.29, 1.82) is 0 Å². The number of piperidine rings is 1. The molecule has 150 valence electrons. The zero-order valence-electron chi connectivity index (χ0n) is 15.1. The summed E-state index contributed by atoms with van der Waals surface area (Å²) in [5, 5.41) is 0. The number of hydrogen-bond acceptors (Lipinski definition) is 5. The van der Waals surface area contributed by atoms with Crippen LogP contribution in [0.3, 0.4) is 0 Å². The summed E-state index contributed by atoms with van der Waals surface area (Å²) in [6.45, 7) is 0.153. The highest BCUT2D eigenvalue weighted by atomic mass is 32.2. The normalized spacial score (nSPS) is 16.0. The predicted octanol–water partition coefficient (Wildman–Crippen LogP) is 2.98. The monoisotopic (exact) mass is 411 g/mol. The molecule has 0 amide bonds. The molecule has 0 atom stereocenters. The van der Waals surface area contributed by atoms with Crippen LogP contribution in [0.4, 0.5) is 8.78 Å². The summed E-state index contributed by atoms with van der Waals surface area (Å²) in [7, 11) is -2.50. The topological polar surface area (TPSA) is 72.9 Å². The van der Waals surface area contributed by atoms with Crippen LogP contribution in [0.25, 0.3) is 0 Å². The minimum atomic E-state index is -3.97. The second kappa shape index (κ2) is 8.24. The second-order valence-corrected chi connectivity index (χ2v) is 8.26. The molecule has 9 heteroatoms. The number of rotatable bonds is 5. The number of nitrogens with zero attached hydrogens (tertiary/aromatic N) is 1. The number of carbonyl (C=O) groups is 1. The van der Waals surface area contributed by atoms with E-state index in [4.69, 9.17) is 9.47 Å². The van der Waals surface area contributed by atoms with Gasteiger partial charge < -0.3 is 9.47 Å². The number of methoxy groups -OCH3 is 1. The summed E-state index contributed by atoms with van der Waals surface area (Å²) in [6, 6.07) is 9.20. The van der Waals surface area contributed by atoms with Crippen LogP contribution in [0.1, 0.15) is 12.8 Å². The summed E-state index contributed by atoms with van der Waals surface area (Å²) in [5.74, 6) is -2.55. The number of para-hydroxylation sites is 2. The molecule has 1 saturated heterocycles. The van der Waals surface area contributed by atoms with Gasteiger partial charge in [-0.15, -0.1) is 0 Å². The van der Waals surface area contributed by atoms with E-state index in [-0.39, 0.29) is 30.8 Å². The number of sulfonamides is 1. The van der Waals surface area contributed by atoms with Crippen LogP contribution in [0, 0.1) is 17.6 Å². The number of hydrogen-bond donors (Lipinski definition) is 0. The highest BCUT2D eigenvalue weighted by Crippen LogP contribution is 2.29. The third kappa shape index (κ3) is 4.15. The zero-order chi connectivity index (χ0) is 20.3. The number of benzene rings is 2. The van der Waals surface area contributed by atoms with Crippen LogP contribution in [0.2, 0.25) is 0 Å². The lowest BCUT2D eigenvalue weighted by atomic mass is 9.98. The lowest BCUT2D eigenvalue weighted by Crippen LogP contribution is -2.41. The van der Waals surface area contributed by atoms with Crippen molar-refractivity contribution in [2.75, 3.05) is 20.2 Å². The molecule has 2 aromatic carbocycles. The van der Waals surface area contributed by atoms with Crippen molar-refractivity contribution in [1.82, 2.24) is 4.31 Å². The van der Waals surface area contributed by atoms with Gasteiger partial charge in [0.2, 0.25) is 10.0 Å².